The Morgan fingerprint density at radius 1 is 1.39 bits per heavy atom. The number of halogens is 1. The van der Waals surface area contributed by atoms with Crippen molar-refractivity contribution in [1.29, 1.82) is 0 Å². The maximum Gasteiger partial charge on any atom is 0.265 e. The number of rotatable bonds is 2. The highest BCUT2D eigenvalue weighted by Crippen LogP contribution is 2.34. The second-order valence-electron chi connectivity index (χ2n) is 5.81. The molecule has 1 aliphatic heterocycles. The lowest BCUT2D eigenvalue weighted by atomic mass is 9.85. The molecule has 0 atom stereocenters. The molecule has 23 heavy (non-hydrogen) atoms. The molecule has 0 radical (unpaired) electrons. The summed E-state index contributed by atoms with van der Waals surface area (Å²) in [6.45, 7) is 4.44. The van der Waals surface area contributed by atoms with E-state index in [1.807, 2.05) is 13.8 Å². The molecular formula is C16H18FN3O2S. The Balaban J connectivity index is 1.75. The third-order valence-corrected chi connectivity index (χ3v) is 5.30. The maximum absolute atomic E-state index is 13.8. The number of thiazole rings is 1. The van der Waals surface area contributed by atoms with Crippen LogP contribution in [-0.4, -0.2) is 39.0 Å². The number of aromatic nitrogens is 2. The minimum absolute atomic E-state index is 0.0678. The van der Waals surface area contributed by atoms with Gasteiger partial charge in [0, 0.05) is 24.8 Å². The Morgan fingerprint density at radius 3 is 2.65 bits per heavy atom. The summed E-state index contributed by atoms with van der Waals surface area (Å²) in [6.07, 6.45) is 1.94. The Kier molecular flexibility index (Phi) is 4.16. The number of hydrogen-bond donors (Lipinski definition) is 1. The Labute approximate surface area is 137 Å². The van der Waals surface area contributed by atoms with Crippen LogP contribution in [0.2, 0.25) is 0 Å². The normalized spacial score (nSPS) is 17.3. The zero-order valence-electron chi connectivity index (χ0n) is 13.0. The van der Waals surface area contributed by atoms with E-state index in [-0.39, 0.29) is 24.3 Å². The molecule has 1 N–H and O–H groups in total. The van der Waals surface area contributed by atoms with Crippen molar-refractivity contribution in [3.8, 4) is 0 Å². The monoisotopic (exact) mass is 335 g/mol. The molecule has 2 aromatic rings. The van der Waals surface area contributed by atoms with Crippen LogP contribution in [0.15, 0.2) is 18.3 Å². The van der Waals surface area contributed by atoms with E-state index >= 15 is 0 Å². The van der Waals surface area contributed by atoms with Crippen molar-refractivity contribution in [1.82, 2.24) is 14.9 Å². The number of carbonyl (C=O) groups excluding carboxylic acids is 1. The largest absolute Gasteiger partial charge is 0.385 e. The van der Waals surface area contributed by atoms with Gasteiger partial charge in [-0.25, -0.2) is 9.97 Å². The molecule has 5 nitrogen and oxygen atoms in total. The molecule has 0 aliphatic carbocycles. The summed E-state index contributed by atoms with van der Waals surface area (Å²) in [5.74, 6) is -0.717. The molecule has 2 aromatic heterocycles. The lowest BCUT2D eigenvalue weighted by molar-refractivity contribution is -0.0240. The third-order valence-electron chi connectivity index (χ3n) is 4.24. The summed E-state index contributed by atoms with van der Waals surface area (Å²) in [5, 5.41) is 11.6. The predicted molar refractivity (Wildman–Crippen MR) is 84.8 cm³/mol. The molecule has 3 heterocycles. The standard InChI is InChI=1S/C16H18FN3O2S/c1-10-13(23-11(2)19-10)15(21)20-8-5-16(22,6-9-20)12-4-3-7-18-14(12)17/h3-4,7,22H,5-6,8-9H2,1-2H3. The molecule has 0 saturated carbocycles. The molecule has 7 heteroatoms. The number of hydrogen-bond acceptors (Lipinski definition) is 5. The van der Waals surface area contributed by atoms with Gasteiger partial charge in [-0.3, -0.25) is 4.79 Å². The topological polar surface area (TPSA) is 66.3 Å². The van der Waals surface area contributed by atoms with Crippen LogP contribution in [0.1, 0.15) is 38.8 Å². The summed E-state index contributed by atoms with van der Waals surface area (Å²) in [6, 6.07) is 3.16. The van der Waals surface area contributed by atoms with Crippen molar-refractivity contribution in [2.75, 3.05) is 13.1 Å². The second kappa shape index (κ2) is 5.98. The van der Waals surface area contributed by atoms with Gasteiger partial charge in [-0.05, 0) is 32.8 Å². The minimum atomic E-state index is -1.27. The van der Waals surface area contributed by atoms with E-state index in [4.69, 9.17) is 0 Å². The Morgan fingerprint density at radius 2 is 2.09 bits per heavy atom. The first kappa shape index (κ1) is 16.0. The van der Waals surface area contributed by atoms with E-state index in [0.29, 0.717) is 18.0 Å². The van der Waals surface area contributed by atoms with Crippen LogP contribution in [0.5, 0.6) is 0 Å². The number of likely N-dealkylation sites (tertiary alicyclic amines) is 1. The van der Waals surface area contributed by atoms with Crippen LogP contribution < -0.4 is 0 Å². The summed E-state index contributed by atoms with van der Waals surface area (Å²) < 4.78 is 13.8. The molecule has 0 aromatic carbocycles. The molecule has 3 rings (SSSR count). The van der Waals surface area contributed by atoms with E-state index in [0.717, 1.165) is 10.7 Å². The van der Waals surface area contributed by atoms with Crippen molar-refractivity contribution in [3.63, 3.8) is 0 Å². The van der Waals surface area contributed by atoms with Crippen LogP contribution in [-0.2, 0) is 5.60 Å². The fourth-order valence-corrected chi connectivity index (χ4v) is 3.84. The fourth-order valence-electron chi connectivity index (χ4n) is 2.96. The smallest absolute Gasteiger partial charge is 0.265 e. The van der Waals surface area contributed by atoms with Crippen LogP contribution in [0.3, 0.4) is 0 Å². The average Bonchev–Trinajstić information content (AvgIpc) is 2.86. The predicted octanol–water partition coefficient (Wildman–Crippen LogP) is 2.42. The van der Waals surface area contributed by atoms with Crippen LogP contribution in [0, 0.1) is 19.8 Å². The van der Waals surface area contributed by atoms with Gasteiger partial charge in [0.1, 0.15) is 4.88 Å². The highest BCUT2D eigenvalue weighted by Gasteiger charge is 2.38. The number of piperidine rings is 1. The lowest BCUT2D eigenvalue weighted by Gasteiger charge is -2.38. The van der Waals surface area contributed by atoms with Gasteiger partial charge in [0.25, 0.3) is 5.91 Å². The third kappa shape index (κ3) is 2.98. The highest BCUT2D eigenvalue weighted by atomic mass is 32.1. The quantitative estimate of drug-likeness (QED) is 0.856. The van der Waals surface area contributed by atoms with Crippen LogP contribution in [0.25, 0.3) is 0 Å². The van der Waals surface area contributed by atoms with Gasteiger partial charge in [-0.15, -0.1) is 11.3 Å². The van der Waals surface area contributed by atoms with Crippen molar-refractivity contribution in [3.05, 3.63) is 45.4 Å². The van der Waals surface area contributed by atoms with Crippen molar-refractivity contribution in [2.24, 2.45) is 0 Å². The summed E-state index contributed by atoms with van der Waals surface area (Å²) in [4.78, 5) is 22.8. The van der Waals surface area contributed by atoms with Gasteiger partial charge in [0.2, 0.25) is 5.95 Å². The van der Waals surface area contributed by atoms with Crippen molar-refractivity contribution in [2.45, 2.75) is 32.3 Å². The first-order valence-electron chi connectivity index (χ1n) is 7.47. The van der Waals surface area contributed by atoms with E-state index in [1.165, 1.54) is 17.5 Å². The molecule has 0 bridgehead atoms. The Hall–Kier alpha value is -1.86. The maximum atomic E-state index is 13.8. The summed E-state index contributed by atoms with van der Waals surface area (Å²) in [7, 11) is 0. The van der Waals surface area contributed by atoms with E-state index in [1.54, 1.807) is 17.0 Å². The number of amides is 1. The van der Waals surface area contributed by atoms with Crippen molar-refractivity contribution >= 4 is 17.2 Å². The van der Waals surface area contributed by atoms with Gasteiger partial charge < -0.3 is 10.0 Å². The molecule has 0 spiro atoms. The summed E-state index contributed by atoms with van der Waals surface area (Å²) >= 11 is 1.38. The van der Waals surface area contributed by atoms with Gasteiger partial charge in [0.05, 0.1) is 16.3 Å². The highest BCUT2D eigenvalue weighted by molar-refractivity contribution is 7.13. The molecule has 1 amide bonds. The van der Waals surface area contributed by atoms with E-state index < -0.39 is 11.5 Å². The Bertz CT molecular complexity index is 739. The first-order chi connectivity index (χ1) is 10.9. The lowest BCUT2D eigenvalue weighted by Crippen LogP contribution is -2.45. The number of pyridine rings is 1. The van der Waals surface area contributed by atoms with E-state index in [9.17, 15) is 14.3 Å². The number of nitrogens with zero attached hydrogens (tertiary/aromatic N) is 3. The summed E-state index contributed by atoms with van der Waals surface area (Å²) in [5.41, 5.74) is -0.332. The molecule has 1 saturated heterocycles. The van der Waals surface area contributed by atoms with Gasteiger partial charge in [0.15, 0.2) is 0 Å². The zero-order chi connectivity index (χ0) is 16.6. The molecule has 0 unspecified atom stereocenters. The first-order valence-corrected chi connectivity index (χ1v) is 8.29. The second-order valence-corrected chi connectivity index (χ2v) is 7.02. The molecule has 1 fully saturated rings. The van der Waals surface area contributed by atoms with Gasteiger partial charge in [-0.1, -0.05) is 6.07 Å². The van der Waals surface area contributed by atoms with Crippen molar-refractivity contribution < 1.29 is 14.3 Å². The van der Waals surface area contributed by atoms with E-state index in [2.05, 4.69) is 9.97 Å². The molecular weight excluding hydrogens is 317 g/mol. The van der Waals surface area contributed by atoms with Gasteiger partial charge >= 0.3 is 0 Å². The molecule has 122 valence electrons. The fraction of sp³-hybridized carbons (Fsp3) is 0.438. The van der Waals surface area contributed by atoms with Crippen LogP contribution >= 0.6 is 11.3 Å². The zero-order valence-corrected chi connectivity index (χ0v) is 13.9. The van der Waals surface area contributed by atoms with Crippen LogP contribution in [0.4, 0.5) is 4.39 Å². The number of aliphatic hydroxyl groups is 1. The average molecular weight is 335 g/mol. The van der Waals surface area contributed by atoms with Gasteiger partial charge in [-0.2, -0.15) is 4.39 Å². The minimum Gasteiger partial charge on any atom is -0.385 e. The SMILES string of the molecule is Cc1nc(C)c(C(=O)N2CCC(O)(c3cccnc3F)CC2)s1. The molecule has 1 aliphatic rings. The number of carbonyl (C=O) groups is 1. The number of aryl methyl sites for hydroxylation is 2.